The van der Waals surface area contributed by atoms with Gasteiger partial charge in [0, 0.05) is 47.8 Å². The maximum atomic E-state index is 6.00. The number of aromatic nitrogens is 4. The van der Waals surface area contributed by atoms with Crippen LogP contribution in [0, 0.1) is 5.92 Å². The topological polar surface area (TPSA) is 70.8 Å². The van der Waals surface area contributed by atoms with E-state index in [1.54, 1.807) is 0 Å². The number of H-pyrrole nitrogens is 1. The second kappa shape index (κ2) is 7.21. The zero-order valence-corrected chi connectivity index (χ0v) is 15.8. The molecule has 1 aliphatic heterocycles. The van der Waals surface area contributed by atoms with Gasteiger partial charge in [-0.05, 0) is 18.1 Å². The number of hydrogen-bond acceptors (Lipinski definition) is 5. The Labute approximate surface area is 157 Å². The minimum absolute atomic E-state index is 0.508. The van der Waals surface area contributed by atoms with E-state index in [9.17, 15) is 0 Å². The molecule has 0 bridgehead atoms. The Balaban J connectivity index is 1.49. The molecule has 1 N–H and O–H groups in total. The maximum absolute atomic E-state index is 6.00. The molecule has 0 aliphatic carbocycles. The second-order valence-corrected chi connectivity index (χ2v) is 7.64. The van der Waals surface area contributed by atoms with Crippen LogP contribution in [0.3, 0.4) is 0 Å². The summed E-state index contributed by atoms with van der Waals surface area (Å²) in [7, 11) is 0. The highest BCUT2D eigenvalue weighted by molar-refractivity contribution is 6.30. The molecule has 0 amide bonds. The highest BCUT2D eigenvalue weighted by Crippen LogP contribution is 2.29. The van der Waals surface area contributed by atoms with Crippen molar-refractivity contribution in [1.29, 1.82) is 0 Å². The van der Waals surface area contributed by atoms with E-state index in [1.165, 1.54) is 11.3 Å². The number of benzene rings is 1. The third-order valence-corrected chi connectivity index (χ3v) is 4.84. The Morgan fingerprint density at radius 3 is 2.85 bits per heavy atom. The SMILES string of the molecule is CC(C)Cc1nc(CN2CCc3[nH]nc(-c4ccc(Cl)cc4)c3C2)no1. The molecule has 2 aromatic heterocycles. The van der Waals surface area contributed by atoms with Crippen molar-refractivity contribution < 1.29 is 4.52 Å². The lowest BCUT2D eigenvalue weighted by Crippen LogP contribution is -2.30. The normalized spacial score (nSPS) is 14.8. The van der Waals surface area contributed by atoms with E-state index in [1.807, 2.05) is 24.3 Å². The van der Waals surface area contributed by atoms with Crippen LogP contribution in [0.4, 0.5) is 0 Å². The van der Waals surface area contributed by atoms with E-state index >= 15 is 0 Å². The van der Waals surface area contributed by atoms with Crippen LogP contribution in [0.25, 0.3) is 11.3 Å². The first kappa shape index (κ1) is 17.2. The fraction of sp³-hybridized carbons (Fsp3) is 0.421. The zero-order valence-electron chi connectivity index (χ0n) is 15.0. The van der Waals surface area contributed by atoms with Crippen molar-refractivity contribution >= 4 is 11.6 Å². The van der Waals surface area contributed by atoms with Gasteiger partial charge in [0.1, 0.15) is 0 Å². The average Bonchev–Trinajstić information content (AvgIpc) is 3.22. The summed E-state index contributed by atoms with van der Waals surface area (Å²) in [5.41, 5.74) is 4.52. The van der Waals surface area contributed by atoms with E-state index in [4.69, 9.17) is 16.1 Å². The van der Waals surface area contributed by atoms with E-state index in [2.05, 4.69) is 39.1 Å². The van der Waals surface area contributed by atoms with Crippen LogP contribution in [0.15, 0.2) is 28.8 Å². The third kappa shape index (κ3) is 3.66. The molecule has 0 saturated carbocycles. The Morgan fingerprint density at radius 2 is 2.08 bits per heavy atom. The number of nitrogens with zero attached hydrogens (tertiary/aromatic N) is 4. The summed E-state index contributed by atoms with van der Waals surface area (Å²) in [4.78, 5) is 6.86. The highest BCUT2D eigenvalue weighted by Gasteiger charge is 2.24. The van der Waals surface area contributed by atoms with Gasteiger partial charge in [0.25, 0.3) is 0 Å². The van der Waals surface area contributed by atoms with Crippen LogP contribution in [0.5, 0.6) is 0 Å². The van der Waals surface area contributed by atoms with Gasteiger partial charge in [-0.3, -0.25) is 10.00 Å². The molecule has 3 heterocycles. The summed E-state index contributed by atoms with van der Waals surface area (Å²) in [6.07, 6.45) is 1.76. The molecular weight excluding hydrogens is 350 g/mol. The molecule has 0 unspecified atom stereocenters. The molecule has 1 aliphatic rings. The molecule has 3 aromatic rings. The van der Waals surface area contributed by atoms with Crippen molar-refractivity contribution in [2.45, 2.75) is 39.8 Å². The Hall–Kier alpha value is -2.18. The molecule has 4 rings (SSSR count). The number of aromatic amines is 1. The quantitative estimate of drug-likeness (QED) is 0.737. The predicted molar refractivity (Wildman–Crippen MR) is 99.7 cm³/mol. The first-order valence-electron chi connectivity index (χ1n) is 8.94. The number of hydrogen-bond donors (Lipinski definition) is 1. The van der Waals surface area contributed by atoms with E-state index in [0.717, 1.165) is 53.9 Å². The number of rotatable bonds is 5. The summed E-state index contributed by atoms with van der Waals surface area (Å²) in [6, 6.07) is 7.81. The predicted octanol–water partition coefficient (Wildman–Crippen LogP) is 3.87. The van der Waals surface area contributed by atoms with Gasteiger partial charge < -0.3 is 4.52 Å². The smallest absolute Gasteiger partial charge is 0.226 e. The first-order chi connectivity index (χ1) is 12.6. The fourth-order valence-corrected chi connectivity index (χ4v) is 3.44. The van der Waals surface area contributed by atoms with Gasteiger partial charge in [0.15, 0.2) is 5.82 Å². The molecule has 7 heteroatoms. The molecule has 0 spiro atoms. The summed E-state index contributed by atoms with van der Waals surface area (Å²) < 4.78 is 5.36. The van der Waals surface area contributed by atoms with E-state index < -0.39 is 0 Å². The van der Waals surface area contributed by atoms with Gasteiger partial charge in [-0.2, -0.15) is 10.1 Å². The van der Waals surface area contributed by atoms with Crippen LogP contribution < -0.4 is 0 Å². The van der Waals surface area contributed by atoms with Gasteiger partial charge in [-0.1, -0.05) is 42.7 Å². The second-order valence-electron chi connectivity index (χ2n) is 7.20. The van der Waals surface area contributed by atoms with Crippen molar-refractivity contribution in [1.82, 2.24) is 25.2 Å². The molecule has 6 nitrogen and oxygen atoms in total. The van der Waals surface area contributed by atoms with Crippen molar-refractivity contribution in [3.8, 4) is 11.3 Å². The lowest BCUT2D eigenvalue weighted by atomic mass is 10.0. The van der Waals surface area contributed by atoms with Crippen LogP contribution in [0.2, 0.25) is 5.02 Å². The van der Waals surface area contributed by atoms with Gasteiger partial charge in [-0.25, -0.2) is 0 Å². The van der Waals surface area contributed by atoms with Gasteiger partial charge in [0.05, 0.1) is 12.2 Å². The van der Waals surface area contributed by atoms with E-state index in [-0.39, 0.29) is 0 Å². The van der Waals surface area contributed by atoms with Crippen molar-refractivity contribution in [2.24, 2.45) is 5.92 Å². The molecule has 0 radical (unpaired) electrons. The highest BCUT2D eigenvalue weighted by atomic mass is 35.5. The zero-order chi connectivity index (χ0) is 18.1. The molecule has 0 fully saturated rings. The summed E-state index contributed by atoms with van der Waals surface area (Å²) in [5.74, 6) is 1.98. The van der Waals surface area contributed by atoms with Crippen LogP contribution in [0.1, 0.15) is 36.8 Å². The summed E-state index contributed by atoms with van der Waals surface area (Å²) in [6.45, 7) is 6.74. The Kier molecular flexibility index (Phi) is 4.78. The van der Waals surface area contributed by atoms with Crippen LogP contribution >= 0.6 is 11.6 Å². The molecule has 136 valence electrons. The van der Waals surface area contributed by atoms with Gasteiger partial charge >= 0.3 is 0 Å². The lowest BCUT2D eigenvalue weighted by Gasteiger charge is -2.25. The molecule has 0 atom stereocenters. The molecule has 0 saturated heterocycles. The monoisotopic (exact) mass is 371 g/mol. The molecular formula is C19H22ClN5O. The number of nitrogens with one attached hydrogen (secondary N) is 1. The maximum Gasteiger partial charge on any atom is 0.226 e. The summed E-state index contributed by atoms with van der Waals surface area (Å²) in [5, 5.41) is 12.6. The van der Waals surface area contributed by atoms with Gasteiger partial charge in [0.2, 0.25) is 5.89 Å². The average molecular weight is 372 g/mol. The van der Waals surface area contributed by atoms with Crippen molar-refractivity contribution in [3.05, 3.63) is 52.3 Å². The van der Waals surface area contributed by atoms with Gasteiger partial charge in [-0.15, -0.1) is 0 Å². The largest absolute Gasteiger partial charge is 0.339 e. The lowest BCUT2D eigenvalue weighted by molar-refractivity contribution is 0.235. The Bertz CT molecular complexity index is 884. The standard InChI is InChI=1S/C19H22ClN5O/c1-12(2)9-18-21-17(24-26-18)11-25-8-7-16-15(10-25)19(23-22-16)13-3-5-14(20)6-4-13/h3-6,12H,7-11H2,1-2H3,(H,22,23). The van der Waals surface area contributed by atoms with Crippen LogP contribution in [-0.4, -0.2) is 31.8 Å². The number of fused-ring (bicyclic) bond motifs is 1. The van der Waals surface area contributed by atoms with Crippen molar-refractivity contribution in [3.63, 3.8) is 0 Å². The van der Waals surface area contributed by atoms with Crippen molar-refractivity contribution in [2.75, 3.05) is 6.54 Å². The van der Waals surface area contributed by atoms with Crippen LogP contribution in [-0.2, 0) is 25.9 Å². The summed E-state index contributed by atoms with van der Waals surface area (Å²) >= 11 is 6.00. The molecule has 26 heavy (non-hydrogen) atoms. The first-order valence-corrected chi connectivity index (χ1v) is 9.32. The third-order valence-electron chi connectivity index (χ3n) is 4.59. The molecule has 1 aromatic carbocycles. The fourth-order valence-electron chi connectivity index (χ4n) is 3.32. The number of halogens is 1. The minimum atomic E-state index is 0.508. The minimum Gasteiger partial charge on any atom is -0.339 e. The Morgan fingerprint density at radius 1 is 1.27 bits per heavy atom. The van der Waals surface area contributed by atoms with E-state index in [0.29, 0.717) is 12.5 Å².